The van der Waals surface area contributed by atoms with Gasteiger partial charge in [0.05, 0.1) is 12.1 Å². The van der Waals surface area contributed by atoms with Crippen molar-refractivity contribution in [1.82, 2.24) is 15.3 Å². The molecule has 2 N–H and O–H groups in total. The average Bonchev–Trinajstić information content (AvgIpc) is 3.33. The van der Waals surface area contributed by atoms with Gasteiger partial charge in [0.15, 0.2) is 5.13 Å². The molecule has 0 radical (unpaired) electrons. The molecule has 4 rings (SSSR count). The van der Waals surface area contributed by atoms with Crippen LogP contribution in [0.15, 0.2) is 41.1 Å². The van der Waals surface area contributed by atoms with Crippen molar-refractivity contribution >= 4 is 34.8 Å². The first-order chi connectivity index (χ1) is 13.2. The Kier molecular flexibility index (Phi) is 6.77. The highest BCUT2D eigenvalue weighted by atomic mass is 35.5. The zero-order valence-electron chi connectivity index (χ0n) is 15.0. The van der Waals surface area contributed by atoms with Crippen LogP contribution in [-0.4, -0.2) is 29.0 Å². The molecule has 0 saturated carbocycles. The molecule has 0 aliphatic carbocycles. The molecule has 1 aliphatic heterocycles. The van der Waals surface area contributed by atoms with E-state index in [-0.39, 0.29) is 30.6 Å². The summed E-state index contributed by atoms with van der Waals surface area (Å²) in [6.45, 7) is 2.04. The SMILES string of the molecule is Cl.O=C(Cc1coc(-c2ccc(F)cc2)n1)Nc1ncc(C2CCNCC2)s1. The number of nitrogens with one attached hydrogen (secondary N) is 2. The predicted molar refractivity (Wildman–Crippen MR) is 108 cm³/mol. The fraction of sp³-hybridized carbons (Fsp3) is 0.316. The van der Waals surface area contributed by atoms with Crippen LogP contribution in [0.5, 0.6) is 0 Å². The van der Waals surface area contributed by atoms with Gasteiger partial charge in [0.25, 0.3) is 0 Å². The maximum atomic E-state index is 13.0. The summed E-state index contributed by atoms with van der Waals surface area (Å²) in [6, 6.07) is 5.86. The highest BCUT2D eigenvalue weighted by Crippen LogP contribution is 2.31. The Balaban J connectivity index is 0.00000225. The van der Waals surface area contributed by atoms with Crippen molar-refractivity contribution in [1.29, 1.82) is 0 Å². The lowest BCUT2D eigenvalue weighted by Gasteiger charge is -2.20. The highest BCUT2D eigenvalue weighted by molar-refractivity contribution is 7.15. The smallest absolute Gasteiger partial charge is 0.232 e. The van der Waals surface area contributed by atoms with Gasteiger partial charge in [-0.05, 0) is 56.1 Å². The van der Waals surface area contributed by atoms with E-state index in [0.29, 0.717) is 28.2 Å². The molecule has 1 saturated heterocycles. The van der Waals surface area contributed by atoms with Gasteiger partial charge in [-0.3, -0.25) is 4.79 Å². The number of hydrogen-bond acceptors (Lipinski definition) is 6. The van der Waals surface area contributed by atoms with Gasteiger partial charge in [-0.15, -0.1) is 23.7 Å². The van der Waals surface area contributed by atoms with Crippen LogP contribution in [0.4, 0.5) is 9.52 Å². The van der Waals surface area contributed by atoms with E-state index in [1.54, 1.807) is 12.1 Å². The van der Waals surface area contributed by atoms with E-state index in [0.717, 1.165) is 25.9 Å². The first-order valence-corrected chi connectivity index (χ1v) is 9.65. The summed E-state index contributed by atoms with van der Waals surface area (Å²) in [7, 11) is 0. The lowest BCUT2D eigenvalue weighted by atomic mass is 9.97. The van der Waals surface area contributed by atoms with Crippen LogP contribution in [-0.2, 0) is 11.2 Å². The molecule has 28 heavy (non-hydrogen) atoms. The summed E-state index contributed by atoms with van der Waals surface area (Å²) in [5, 5.41) is 6.78. The summed E-state index contributed by atoms with van der Waals surface area (Å²) in [4.78, 5) is 22.1. The molecule has 6 nitrogen and oxygen atoms in total. The van der Waals surface area contributed by atoms with Gasteiger partial charge >= 0.3 is 0 Å². The Morgan fingerprint density at radius 2 is 2.04 bits per heavy atom. The first kappa shape index (κ1) is 20.4. The van der Waals surface area contributed by atoms with Crippen molar-refractivity contribution < 1.29 is 13.6 Å². The standard InChI is InChI=1S/C19H19FN4O2S.ClH/c20-14-3-1-13(2-4-14)18-23-15(11-26-18)9-17(25)24-19-22-10-16(27-19)12-5-7-21-8-6-12;/h1-4,10-12,21H,5-9H2,(H,22,24,25);1H. The number of carbonyl (C=O) groups is 1. The van der Waals surface area contributed by atoms with Crippen LogP contribution in [0, 0.1) is 5.82 Å². The molecule has 0 unspecified atom stereocenters. The molecule has 148 valence electrons. The second-order valence-electron chi connectivity index (χ2n) is 6.47. The maximum Gasteiger partial charge on any atom is 0.232 e. The zero-order chi connectivity index (χ0) is 18.6. The Labute approximate surface area is 172 Å². The molecule has 0 bridgehead atoms. The number of piperidine rings is 1. The molecule has 1 amide bonds. The number of carbonyl (C=O) groups excluding carboxylic acids is 1. The third kappa shape index (κ3) is 4.95. The minimum Gasteiger partial charge on any atom is -0.444 e. The van der Waals surface area contributed by atoms with E-state index >= 15 is 0 Å². The normalized spacial score (nSPS) is 14.5. The Morgan fingerprint density at radius 1 is 1.29 bits per heavy atom. The molecule has 9 heteroatoms. The number of hydrogen-bond donors (Lipinski definition) is 2. The predicted octanol–water partition coefficient (Wildman–Crippen LogP) is 4.01. The summed E-state index contributed by atoms with van der Waals surface area (Å²) in [6.07, 6.45) is 5.59. The van der Waals surface area contributed by atoms with Crippen LogP contribution in [0.25, 0.3) is 11.5 Å². The fourth-order valence-electron chi connectivity index (χ4n) is 3.08. The summed E-state index contributed by atoms with van der Waals surface area (Å²) < 4.78 is 18.4. The zero-order valence-corrected chi connectivity index (χ0v) is 16.6. The van der Waals surface area contributed by atoms with Crippen LogP contribution in [0.2, 0.25) is 0 Å². The Morgan fingerprint density at radius 3 is 2.79 bits per heavy atom. The van der Waals surface area contributed by atoms with Gasteiger partial charge in [0, 0.05) is 16.6 Å². The minimum atomic E-state index is -0.322. The van der Waals surface area contributed by atoms with Crippen molar-refractivity contribution in [2.75, 3.05) is 18.4 Å². The number of halogens is 2. The molecule has 0 atom stereocenters. The van der Waals surface area contributed by atoms with Crippen LogP contribution >= 0.6 is 23.7 Å². The van der Waals surface area contributed by atoms with Crippen molar-refractivity contribution in [2.24, 2.45) is 0 Å². The number of nitrogens with zero attached hydrogens (tertiary/aromatic N) is 2. The second-order valence-corrected chi connectivity index (χ2v) is 7.53. The van der Waals surface area contributed by atoms with E-state index in [2.05, 4.69) is 20.6 Å². The topological polar surface area (TPSA) is 80.1 Å². The molecule has 3 heterocycles. The third-order valence-electron chi connectivity index (χ3n) is 4.50. The van der Waals surface area contributed by atoms with Gasteiger partial charge in [-0.1, -0.05) is 0 Å². The fourth-order valence-corrected chi connectivity index (χ4v) is 4.08. The maximum absolute atomic E-state index is 13.0. The molecular formula is C19H20ClFN4O2S. The molecule has 0 spiro atoms. The lowest BCUT2D eigenvalue weighted by Crippen LogP contribution is -2.26. The molecular weight excluding hydrogens is 403 g/mol. The summed E-state index contributed by atoms with van der Waals surface area (Å²) >= 11 is 1.53. The summed E-state index contributed by atoms with van der Waals surface area (Å²) in [5.74, 6) is 0.362. The quantitative estimate of drug-likeness (QED) is 0.649. The monoisotopic (exact) mass is 422 g/mol. The Hall–Kier alpha value is -2.29. The van der Waals surface area contributed by atoms with E-state index in [1.165, 1.54) is 34.6 Å². The van der Waals surface area contributed by atoms with Crippen molar-refractivity contribution in [3.8, 4) is 11.5 Å². The van der Waals surface area contributed by atoms with Crippen LogP contribution in [0.3, 0.4) is 0 Å². The van der Waals surface area contributed by atoms with Gasteiger partial charge in [0.1, 0.15) is 12.1 Å². The van der Waals surface area contributed by atoms with Crippen LogP contribution < -0.4 is 10.6 Å². The number of thiazole rings is 1. The number of amides is 1. The third-order valence-corrected chi connectivity index (χ3v) is 5.57. The number of rotatable bonds is 5. The lowest BCUT2D eigenvalue weighted by molar-refractivity contribution is -0.115. The van der Waals surface area contributed by atoms with Crippen molar-refractivity contribution in [3.63, 3.8) is 0 Å². The Bertz CT molecular complexity index is 922. The second kappa shape index (κ2) is 9.27. The number of aromatic nitrogens is 2. The minimum absolute atomic E-state index is 0. The van der Waals surface area contributed by atoms with E-state index in [1.807, 2.05) is 6.20 Å². The molecule has 3 aromatic rings. The molecule has 1 fully saturated rings. The number of anilines is 1. The molecule has 1 aromatic carbocycles. The van der Waals surface area contributed by atoms with Gasteiger partial charge in [-0.25, -0.2) is 14.4 Å². The molecule has 2 aromatic heterocycles. The largest absolute Gasteiger partial charge is 0.444 e. The highest BCUT2D eigenvalue weighted by Gasteiger charge is 2.18. The van der Waals surface area contributed by atoms with E-state index in [4.69, 9.17) is 4.42 Å². The number of oxazole rings is 1. The van der Waals surface area contributed by atoms with Crippen LogP contribution in [0.1, 0.15) is 29.3 Å². The molecule has 1 aliphatic rings. The van der Waals surface area contributed by atoms with Gasteiger partial charge in [-0.2, -0.15) is 0 Å². The van der Waals surface area contributed by atoms with E-state index < -0.39 is 0 Å². The van der Waals surface area contributed by atoms with Gasteiger partial charge < -0.3 is 15.1 Å². The van der Waals surface area contributed by atoms with Crippen molar-refractivity contribution in [3.05, 3.63) is 53.1 Å². The summed E-state index contributed by atoms with van der Waals surface area (Å²) in [5.41, 5.74) is 1.18. The van der Waals surface area contributed by atoms with Crippen molar-refractivity contribution in [2.45, 2.75) is 25.2 Å². The number of benzene rings is 1. The first-order valence-electron chi connectivity index (χ1n) is 8.84. The van der Waals surface area contributed by atoms with E-state index in [9.17, 15) is 9.18 Å². The van der Waals surface area contributed by atoms with Gasteiger partial charge in [0.2, 0.25) is 11.8 Å². The average molecular weight is 423 g/mol.